The highest BCUT2D eigenvalue weighted by Crippen LogP contribution is 2.27. The van der Waals surface area contributed by atoms with E-state index in [1.165, 1.54) is 36.8 Å². The first-order chi connectivity index (χ1) is 10.6. The van der Waals surface area contributed by atoms with Crippen LogP contribution in [0.25, 0.3) is 0 Å². The molecule has 2 rings (SSSR count). The smallest absolute Gasteiger partial charge is 0.0494 e. The molecule has 1 aliphatic rings. The molecule has 0 aliphatic carbocycles. The second-order valence-corrected chi connectivity index (χ2v) is 7.75. The third kappa shape index (κ3) is 5.59. The standard InChI is InChI=1S/C20H31ClO/c1-4-16-11-17(14-22-13-16)6-5-7-18-12-20(21)9-8-19(18)10-15(2)3/h8-9,12,15-17H,4-7,10-11,13-14H2,1-3H3. The topological polar surface area (TPSA) is 9.23 Å². The van der Waals surface area contributed by atoms with Gasteiger partial charge in [0.05, 0.1) is 0 Å². The first kappa shape index (κ1) is 17.8. The molecular weight excluding hydrogens is 292 g/mol. The summed E-state index contributed by atoms with van der Waals surface area (Å²) in [6.45, 7) is 8.77. The summed E-state index contributed by atoms with van der Waals surface area (Å²) in [5.74, 6) is 2.23. The molecule has 0 bridgehead atoms. The predicted octanol–water partition coefficient (Wildman–Crippen LogP) is 5.92. The van der Waals surface area contributed by atoms with Crippen LogP contribution in [0.5, 0.6) is 0 Å². The third-order valence-corrected chi connectivity index (χ3v) is 5.04. The number of aryl methyl sites for hydroxylation is 1. The van der Waals surface area contributed by atoms with Crippen LogP contribution >= 0.6 is 11.6 Å². The number of halogens is 1. The molecule has 1 aromatic carbocycles. The summed E-state index contributed by atoms with van der Waals surface area (Å²) in [5.41, 5.74) is 2.93. The van der Waals surface area contributed by atoms with Crippen LogP contribution < -0.4 is 0 Å². The monoisotopic (exact) mass is 322 g/mol. The van der Waals surface area contributed by atoms with Crippen LogP contribution in [-0.4, -0.2) is 13.2 Å². The molecule has 1 saturated heterocycles. The molecule has 22 heavy (non-hydrogen) atoms. The Hall–Kier alpha value is -0.530. The highest BCUT2D eigenvalue weighted by Gasteiger charge is 2.21. The maximum absolute atomic E-state index is 6.20. The van der Waals surface area contributed by atoms with E-state index in [0.717, 1.165) is 42.9 Å². The average Bonchev–Trinajstić information content (AvgIpc) is 2.50. The average molecular weight is 323 g/mol. The van der Waals surface area contributed by atoms with Crippen molar-refractivity contribution >= 4 is 11.6 Å². The van der Waals surface area contributed by atoms with Crippen molar-refractivity contribution in [2.24, 2.45) is 17.8 Å². The molecule has 1 nitrogen and oxygen atoms in total. The zero-order valence-corrected chi connectivity index (χ0v) is 15.2. The quantitative estimate of drug-likeness (QED) is 0.605. The van der Waals surface area contributed by atoms with Crippen LogP contribution in [-0.2, 0) is 17.6 Å². The fraction of sp³-hybridized carbons (Fsp3) is 0.700. The van der Waals surface area contributed by atoms with Crippen molar-refractivity contribution < 1.29 is 4.74 Å². The number of rotatable bonds is 7. The van der Waals surface area contributed by atoms with Crippen molar-refractivity contribution in [3.63, 3.8) is 0 Å². The Balaban J connectivity index is 1.86. The molecule has 0 amide bonds. The first-order valence-corrected chi connectivity index (χ1v) is 9.31. The van der Waals surface area contributed by atoms with E-state index < -0.39 is 0 Å². The van der Waals surface area contributed by atoms with Gasteiger partial charge in [0.2, 0.25) is 0 Å². The van der Waals surface area contributed by atoms with Crippen molar-refractivity contribution in [3.8, 4) is 0 Å². The lowest BCUT2D eigenvalue weighted by Crippen LogP contribution is -2.25. The minimum absolute atomic E-state index is 0.692. The van der Waals surface area contributed by atoms with E-state index in [9.17, 15) is 0 Å². The van der Waals surface area contributed by atoms with Crippen molar-refractivity contribution in [3.05, 3.63) is 34.3 Å². The van der Waals surface area contributed by atoms with E-state index in [4.69, 9.17) is 16.3 Å². The van der Waals surface area contributed by atoms with Crippen LogP contribution in [0.1, 0.15) is 57.6 Å². The van der Waals surface area contributed by atoms with Gasteiger partial charge < -0.3 is 4.74 Å². The minimum atomic E-state index is 0.692. The van der Waals surface area contributed by atoms with Crippen LogP contribution in [0.4, 0.5) is 0 Å². The molecular formula is C20H31ClO. The molecule has 1 heterocycles. The van der Waals surface area contributed by atoms with E-state index in [2.05, 4.69) is 32.9 Å². The summed E-state index contributed by atoms with van der Waals surface area (Å²) < 4.78 is 5.76. The SMILES string of the molecule is CCC1COCC(CCCc2cc(Cl)ccc2CC(C)C)C1. The Kier molecular flexibility index (Phi) is 7.24. The van der Waals surface area contributed by atoms with E-state index >= 15 is 0 Å². The summed E-state index contributed by atoms with van der Waals surface area (Å²) in [4.78, 5) is 0. The Morgan fingerprint density at radius 1 is 1.18 bits per heavy atom. The van der Waals surface area contributed by atoms with E-state index in [0.29, 0.717) is 5.92 Å². The highest BCUT2D eigenvalue weighted by molar-refractivity contribution is 6.30. The Morgan fingerprint density at radius 3 is 2.68 bits per heavy atom. The summed E-state index contributed by atoms with van der Waals surface area (Å²) in [6, 6.07) is 6.42. The second-order valence-electron chi connectivity index (χ2n) is 7.32. The van der Waals surface area contributed by atoms with Gasteiger partial charge in [0.15, 0.2) is 0 Å². The number of ether oxygens (including phenoxy) is 1. The molecule has 0 spiro atoms. The van der Waals surface area contributed by atoms with Gasteiger partial charge in [-0.05, 0) is 73.1 Å². The van der Waals surface area contributed by atoms with Gasteiger partial charge in [0.1, 0.15) is 0 Å². The maximum Gasteiger partial charge on any atom is 0.0494 e. The second kappa shape index (κ2) is 8.93. The molecule has 1 aliphatic heterocycles. The van der Waals surface area contributed by atoms with Gasteiger partial charge in [-0.15, -0.1) is 0 Å². The van der Waals surface area contributed by atoms with Gasteiger partial charge in [-0.25, -0.2) is 0 Å². The lowest BCUT2D eigenvalue weighted by molar-refractivity contribution is 0.0107. The van der Waals surface area contributed by atoms with Crippen molar-refractivity contribution in [1.82, 2.24) is 0 Å². The van der Waals surface area contributed by atoms with Crippen molar-refractivity contribution in [2.45, 2.75) is 59.3 Å². The van der Waals surface area contributed by atoms with Gasteiger partial charge in [0.25, 0.3) is 0 Å². The zero-order valence-electron chi connectivity index (χ0n) is 14.4. The fourth-order valence-electron chi connectivity index (χ4n) is 3.54. The zero-order chi connectivity index (χ0) is 15.9. The number of benzene rings is 1. The first-order valence-electron chi connectivity index (χ1n) is 8.93. The van der Waals surface area contributed by atoms with Gasteiger partial charge in [-0.1, -0.05) is 44.9 Å². The molecule has 0 aromatic heterocycles. The van der Waals surface area contributed by atoms with Crippen molar-refractivity contribution in [2.75, 3.05) is 13.2 Å². The summed E-state index contributed by atoms with van der Waals surface area (Å²) in [6.07, 6.45) is 7.43. The molecule has 1 aromatic rings. The van der Waals surface area contributed by atoms with E-state index in [1.807, 2.05) is 6.07 Å². The lowest BCUT2D eigenvalue weighted by Gasteiger charge is -2.28. The Bertz CT molecular complexity index is 455. The molecule has 2 unspecified atom stereocenters. The minimum Gasteiger partial charge on any atom is -0.381 e. The van der Waals surface area contributed by atoms with Crippen molar-refractivity contribution in [1.29, 1.82) is 0 Å². The molecule has 2 heteroatoms. The van der Waals surface area contributed by atoms with E-state index in [1.54, 1.807) is 0 Å². The van der Waals surface area contributed by atoms with Crippen LogP contribution in [0, 0.1) is 17.8 Å². The number of hydrogen-bond donors (Lipinski definition) is 0. The van der Waals surface area contributed by atoms with Crippen LogP contribution in [0.15, 0.2) is 18.2 Å². The van der Waals surface area contributed by atoms with Gasteiger partial charge in [-0.3, -0.25) is 0 Å². The Labute approximate surface area is 141 Å². The number of hydrogen-bond acceptors (Lipinski definition) is 1. The van der Waals surface area contributed by atoms with Gasteiger partial charge in [0, 0.05) is 18.2 Å². The third-order valence-electron chi connectivity index (χ3n) is 4.81. The highest BCUT2D eigenvalue weighted by atomic mass is 35.5. The van der Waals surface area contributed by atoms with E-state index in [-0.39, 0.29) is 0 Å². The largest absolute Gasteiger partial charge is 0.381 e. The summed E-state index contributed by atoms with van der Waals surface area (Å²) >= 11 is 6.20. The van der Waals surface area contributed by atoms with Gasteiger partial charge >= 0.3 is 0 Å². The molecule has 0 saturated carbocycles. The predicted molar refractivity (Wildman–Crippen MR) is 95.6 cm³/mol. The molecule has 2 atom stereocenters. The molecule has 124 valence electrons. The lowest BCUT2D eigenvalue weighted by atomic mass is 9.87. The fourth-order valence-corrected chi connectivity index (χ4v) is 3.74. The molecule has 1 fully saturated rings. The molecule has 0 N–H and O–H groups in total. The maximum atomic E-state index is 6.20. The van der Waals surface area contributed by atoms with Crippen LogP contribution in [0.3, 0.4) is 0 Å². The summed E-state index contributed by atoms with van der Waals surface area (Å²) in [5, 5.41) is 0.870. The molecule has 0 radical (unpaired) electrons. The van der Waals surface area contributed by atoms with Gasteiger partial charge in [-0.2, -0.15) is 0 Å². The summed E-state index contributed by atoms with van der Waals surface area (Å²) in [7, 11) is 0. The Morgan fingerprint density at radius 2 is 1.95 bits per heavy atom. The normalized spacial score (nSPS) is 22.2. The van der Waals surface area contributed by atoms with Crippen LogP contribution in [0.2, 0.25) is 5.02 Å².